The first-order chi connectivity index (χ1) is 13.0. The zero-order chi connectivity index (χ0) is 19.0. The van der Waals surface area contributed by atoms with E-state index in [0.29, 0.717) is 11.5 Å². The second-order valence-corrected chi connectivity index (χ2v) is 7.06. The van der Waals surface area contributed by atoms with Crippen molar-refractivity contribution in [2.75, 3.05) is 11.1 Å². The van der Waals surface area contributed by atoms with Crippen molar-refractivity contribution < 1.29 is 4.39 Å². The number of nitrogens with zero attached hydrogens (tertiary/aromatic N) is 3. The third kappa shape index (κ3) is 3.47. The van der Waals surface area contributed by atoms with Gasteiger partial charge in [0.1, 0.15) is 5.82 Å². The lowest BCUT2D eigenvalue weighted by molar-refractivity contribution is 0.593. The minimum absolute atomic E-state index is 0.0715. The van der Waals surface area contributed by atoms with Gasteiger partial charge in [0.2, 0.25) is 11.9 Å². The van der Waals surface area contributed by atoms with Crippen molar-refractivity contribution >= 4 is 11.9 Å². The maximum Gasteiger partial charge on any atom is 0.228 e. The number of nitrogens with one attached hydrogen (secondary N) is 1. The van der Waals surface area contributed by atoms with E-state index in [-0.39, 0.29) is 23.6 Å². The summed E-state index contributed by atoms with van der Waals surface area (Å²) in [5.74, 6) is 0.294. The minimum atomic E-state index is -0.386. The van der Waals surface area contributed by atoms with Crippen LogP contribution >= 0.6 is 0 Å². The highest BCUT2D eigenvalue weighted by Crippen LogP contribution is 2.34. The molecule has 1 unspecified atom stereocenters. The number of hydrogen-bond donors (Lipinski definition) is 2. The number of hydrogen-bond acceptors (Lipinski definition) is 5. The normalized spacial score (nSPS) is 16.0. The van der Waals surface area contributed by atoms with Crippen LogP contribution in [0.3, 0.4) is 0 Å². The second kappa shape index (κ2) is 6.95. The Balaban J connectivity index is 1.70. The quantitative estimate of drug-likeness (QED) is 0.723. The van der Waals surface area contributed by atoms with E-state index < -0.39 is 0 Å². The Bertz CT molecular complexity index is 1000. The standard InChI is InChI=1S/C21H22FN5/c1-12-10-13(2)14-7-5-9-18(16(14)11-12)24-21-26-19(25-20(23)27-21)15-6-3-4-8-17(15)22/h3-4,6,8,10-11,18H,5,7,9H2,1-2H3,(H3,23,24,25,26,27). The number of halogens is 1. The number of anilines is 2. The zero-order valence-electron chi connectivity index (χ0n) is 15.5. The molecule has 138 valence electrons. The fourth-order valence-corrected chi connectivity index (χ4v) is 3.85. The van der Waals surface area contributed by atoms with Crippen LogP contribution in [-0.4, -0.2) is 15.0 Å². The lowest BCUT2D eigenvalue weighted by Crippen LogP contribution is -2.20. The van der Waals surface area contributed by atoms with Crippen LogP contribution in [0.4, 0.5) is 16.3 Å². The van der Waals surface area contributed by atoms with Gasteiger partial charge >= 0.3 is 0 Å². The molecule has 0 amide bonds. The van der Waals surface area contributed by atoms with Crippen LogP contribution in [0.15, 0.2) is 36.4 Å². The van der Waals surface area contributed by atoms with Gasteiger partial charge in [-0.2, -0.15) is 15.0 Å². The van der Waals surface area contributed by atoms with Crippen LogP contribution in [0.2, 0.25) is 0 Å². The van der Waals surface area contributed by atoms with Crippen LogP contribution in [0.1, 0.15) is 41.1 Å². The molecule has 6 heteroatoms. The lowest BCUT2D eigenvalue weighted by Gasteiger charge is -2.28. The van der Waals surface area contributed by atoms with Gasteiger partial charge in [-0.25, -0.2) is 4.39 Å². The number of benzene rings is 2. The average Bonchev–Trinajstić information content (AvgIpc) is 2.62. The number of aryl methyl sites for hydroxylation is 2. The molecular weight excluding hydrogens is 341 g/mol. The summed E-state index contributed by atoms with van der Waals surface area (Å²) in [6.45, 7) is 4.27. The average molecular weight is 363 g/mol. The molecule has 0 saturated heterocycles. The maximum atomic E-state index is 14.1. The van der Waals surface area contributed by atoms with Crippen LogP contribution < -0.4 is 11.1 Å². The van der Waals surface area contributed by atoms with Crippen LogP contribution in [0.25, 0.3) is 11.4 Å². The summed E-state index contributed by atoms with van der Waals surface area (Å²) in [5, 5.41) is 3.40. The molecule has 0 aliphatic heterocycles. The molecule has 1 heterocycles. The molecule has 3 aromatic rings. The van der Waals surface area contributed by atoms with Crippen LogP contribution in [-0.2, 0) is 6.42 Å². The number of fused-ring (bicyclic) bond motifs is 1. The van der Waals surface area contributed by atoms with E-state index in [4.69, 9.17) is 5.73 Å². The molecule has 1 aliphatic rings. The zero-order valence-corrected chi connectivity index (χ0v) is 15.5. The first-order valence-corrected chi connectivity index (χ1v) is 9.14. The van der Waals surface area contributed by atoms with Gasteiger partial charge in [-0.05, 0) is 61.9 Å². The molecule has 1 atom stereocenters. The first-order valence-electron chi connectivity index (χ1n) is 9.14. The van der Waals surface area contributed by atoms with Crippen molar-refractivity contribution in [3.8, 4) is 11.4 Å². The molecule has 27 heavy (non-hydrogen) atoms. The van der Waals surface area contributed by atoms with Crippen molar-refractivity contribution in [3.05, 3.63) is 64.5 Å². The van der Waals surface area contributed by atoms with Gasteiger partial charge in [-0.15, -0.1) is 0 Å². The number of aromatic nitrogens is 3. The van der Waals surface area contributed by atoms with Gasteiger partial charge in [-0.1, -0.05) is 29.8 Å². The highest BCUT2D eigenvalue weighted by Gasteiger charge is 2.23. The van der Waals surface area contributed by atoms with E-state index in [9.17, 15) is 4.39 Å². The molecule has 0 radical (unpaired) electrons. The van der Waals surface area contributed by atoms with E-state index in [1.165, 1.54) is 28.3 Å². The molecule has 0 bridgehead atoms. The minimum Gasteiger partial charge on any atom is -0.368 e. The smallest absolute Gasteiger partial charge is 0.228 e. The fraction of sp³-hybridized carbons (Fsp3) is 0.286. The number of rotatable bonds is 3. The number of nitrogens with two attached hydrogens (primary N) is 1. The maximum absolute atomic E-state index is 14.1. The van der Waals surface area contributed by atoms with E-state index in [0.717, 1.165) is 19.3 Å². The van der Waals surface area contributed by atoms with Gasteiger partial charge < -0.3 is 11.1 Å². The molecule has 4 rings (SSSR count). The molecule has 0 fully saturated rings. The van der Waals surface area contributed by atoms with E-state index in [2.05, 4.69) is 46.2 Å². The summed E-state index contributed by atoms with van der Waals surface area (Å²) in [6.07, 6.45) is 3.16. The predicted molar refractivity (Wildman–Crippen MR) is 105 cm³/mol. The lowest BCUT2D eigenvalue weighted by atomic mass is 9.84. The van der Waals surface area contributed by atoms with Gasteiger partial charge in [0.05, 0.1) is 11.6 Å². The molecule has 1 aromatic heterocycles. The Morgan fingerprint density at radius 2 is 1.93 bits per heavy atom. The summed E-state index contributed by atoms with van der Waals surface area (Å²) in [6, 6.07) is 10.9. The van der Waals surface area contributed by atoms with Gasteiger partial charge in [0.15, 0.2) is 5.82 Å². The van der Waals surface area contributed by atoms with Gasteiger partial charge in [-0.3, -0.25) is 0 Å². The third-order valence-electron chi connectivity index (χ3n) is 5.02. The number of nitrogen functional groups attached to an aromatic ring is 1. The van der Waals surface area contributed by atoms with Gasteiger partial charge in [0, 0.05) is 0 Å². The van der Waals surface area contributed by atoms with Crippen molar-refractivity contribution in [2.45, 2.75) is 39.2 Å². The van der Waals surface area contributed by atoms with Crippen LogP contribution in [0, 0.1) is 19.7 Å². The molecule has 0 saturated carbocycles. The van der Waals surface area contributed by atoms with E-state index in [1.54, 1.807) is 18.2 Å². The molecule has 1 aliphatic carbocycles. The summed E-state index contributed by atoms with van der Waals surface area (Å²) < 4.78 is 14.1. The topological polar surface area (TPSA) is 76.7 Å². The molecule has 3 N–H and O–H groups in total. The Morgan fingerprint density at radius 1 is 1.11 bits per heavy atom. The van der Waals surface area contributed by atoms with Crippen LogP contribution in [0.5, 0.6) is 0 Å². The molecule has 5 nitrogen and oxygen atoms in total. The van der Waals surface area contributed by atoms with Crippen molar-refractivity contribution in [1.29, 1.82) is 0 Å². The van der Waals surface area contributed by atoms with Crippen molar-refractivity contribution in [2.24, 2.45) is 0 Å². The van der Waals surface area contributed by atoms with E-state index >= 15 is 0 Å². The largest absolute Gasteiger partial charge is 0.368 e. The predicted octanol–water partition coefficient (Wildman–Crippen LogP) is 4.37. The molecule has 0 spiro atoms. The first kappa shape index (κ1) is 17.4. The summed E-state index contributed by atoms with van der Waals surface area (Å²) >= 11 is 0. The van der Waals surface area contributed by atoms with Gasteiger partial charge in [0.25, 0.3) is 0 Å². The monoisotopic (exact) mass is 363 g/mol. The SMILES string of the molecule is Cc1cc(C)c2c(c1)C(Nc1nc(N)nc(-c3ccccc3F)n1)CCC2. The highest BCUT2D eigenvalue weighted by atomic mass is 19.1. The highest BCUT2D eigenvalue weighted by molar-refractivity contribution is 5.58. The third-order valence-corrected chi connectivity index (χ3v) is 5.02. The second-order valence-electron chi connectivity index (χ2n) is 7.06. The van der Waals surface area contributed by atoms with E-state index in [1.807, 2.05) is 0 Å². The Labute approximate surface area is 157 Å². The molecular formula is C21H22FN5. The summed E-state index contributed by atoms with van der Waals surface area (Å²) in [7, 11) is 0. The Hall–Kier alpha value is -3.02. The summed E-state index contributed by atoms with van der Waals surface area (Å²) in [4.78, 5) is 12.8. The van der Waals surface area contributed by atoms with Crippen molar-refractivity contribution in [3.63, 3.8) is 0 Å². The molecule has 2 aromatic carbocycles. The van der Waals surface area contributed by atoms with Crippen molar-refractivity contribution in [1.82, 2.24) is 15.0 Å². The Kier molecular flexibility index (Phi) is 4.48. The summed E-state index contributed by atoms with van der Waals surface area (Å²) in [5.41, 5.74) is 11.4. The fourth-order valence-electron chi connectivity index (χ4n) is 3.85. The Morgan fingerprint density at radius 3 is 2.74 bits per heavy atom.